The lowest BCUT2D eigenvalue weighted by Gasteiger charge is -2.16. The van der Waals surface area contributed by atoms with E-state index in [0.29, 0.717) is 11.3 Å². The van der Waals surface area contributed by atoms with Crippen molar-refractivity contribution in [2.75, 3.05) is 5.32 Å². The average molecular weight is 278 g/mol. The van der Waals surface area contributed by atoms with Crippen LogP contribution < -0.4 is 5.32 Å². The first-order chi connectivity index (χ1) is 9.51. The zero-order chi connectivity index (χ0) is 15.1. The average Bonchev–Trinajstić information content (AvgIpc) is 2.40. The van der Waals surface area contributed by atoms with Gasteiger partial charge in [0.2, 0.25) is 5.91 Å². The van der Waals surface area contributed by atoms with E-state index in [0.717, 1.165) is 25.7 Å². The largest absolute Gasteiger partial charge is 0.325 e. The van der Waals surface area contributed by atoms with Crippen molar-refractivity contribution in [3.63, 3.8) is 0 Å². The predicted octanol–water partition coefficient (Wildman–Crippen LogP) is 4.06. The monoisotopic (exact) mass is 278 g/mol. The van der Waals surface area contributed by atoms with Gasteiger partial charge in [-0.05, 0) is 25.8 Å². The third-order valence-electron chi connectivity index (χ3n) is 3.40. The number of benzene rings is 1. The summed E-state index contributed by atoms with van der Waals surface area (Å²) >= 11 is 0. The first-order valence-electron chi connectivity index (χ1n) is 7.06. The van der Waals surface area contributed by atoms with Gasteiger partial charge in [-0.25, -0.2) is 0 Å². The lowest BCUT2D eigenvalue weighted by molar-refractivity contribution is -0.385. The highest BCUT2D eigenvalue weighted by molar-refractivity contribution is 5.93. The van der Waals surface area contributed by atoms with Gasteiger partial charge in [0.05, 0.1) is 16.2 Å². The van der Waals surface area contributed by atoms with E-state index in [-0.39, 0.29) is 17.5 Å². The maximum absolute atomic E-state index is 12.2. The molecule has 0 aliphatic rings. The van der Waals surface area contributed by atoms with Crippen LogP contribution in [0.1, 0.15) is 45.1 Å². The van der Waals surface area contributed by atoms with Crippen LogP contribution in [0, 0.1) is 23.0 Å². The van der Waals surface area contributed by atoms with Crippen molar-refractivity contribution < 1.29 is 9.72 Å². The summed E-state index contributed by atoms with van der Waals surface area (Å²) in [6.07, 6.45) is 3.58. The molecule has 1 aromatic rings. The molecule has 1 aromatic carbocycles. The minimum Gasteiger partial charge on any atom is -0.325 e. The summed E-state index contributed by atoms with van der Waals surface area (Å²) in [6, 6.07) is 4.74. The molecule has 0 radical (unpaired) electrons. The van der Waals surface area contributed by atoms with Crippen LogP contribution >= 0.6 is 0 Å². The summed E-state index contributed by atoms with van der Waals surface area (Å²) in [5.74, 6) is -0.0686. The van der Waals surface area contributed by atoms with Crippen LogP contribution in [-0.2, 0) is 4.79 Å². The summed E-state index contributed by atoms with van der Waals surface area (Å²) in [6.45, 7) is 5.76. The Morgan fingerprint density at radius 3 is 2.40 bits per heavy atom. The van der Waals surface area contributed by atoms with E-state index in [4.69, 9.17) is 0 Å². The molecular formula is C15H22N2O3. The summed E-state index contributed by atoms with van der Waals surface area (Å²) < 4.78 is 0. The Hall–Kier alpha value is -1.91. The molecule has 20 heavy (non-hydrogen) atoms. The Balaban J connectivity index is 2.89. The third kappa shape index (κ3) is 4.05. The van der Waals surface area contributed by atoms with Crippen LogP contribution in [-0.4, -0.2) is 10.8 Å². The summed E-state index contributed by atoms with van der Waals surface area (Å²) in [5, 5.41) is 13.7. The highest BCUT2D eigenvalue weighted by Gasteiger charge is 2.19. The van der Waals surface area contributed by atoms with Crippen molar-refractivity contribution in [3.05, 3.63) is 33.9 Å². The molecule has 0 aromatic heterocycles. The number of hydrogen-bond acceptors (Lipinski definition) is 3. The van der Waals surface area contributed by atoms with E-state index in [1.54, 1.807) is 19.1 Å². The number of anilines is 1. The van der Waals surface area contributed by atoms with Crippen molar-refractivity contribution >= 4 is 17.3 Å². The maximum Gasteiger partial charge on any atom is 0.274 e. The minimum absolute atomic E-state index is 0.0244. The van der Waals surface area contributed by atoms with Crippen molar-refractivity contribution in [1.82, 2.24) is 0 Å². The molecule has 0 fully saturated rings. The number of carbonyl (C=O) groups is 1. The molecule has 5 heteroatoms. The topological polar surface area (TPSA) is 72.2 Å². The number of carbonyl (C=O) groups excluding carboxylic acids is 1. The van der Waals surface area contributed by atoms with Gasteiger partial charge < -0.3 is 5.32 Å². The Bertz CT molecular complexity index is 480. The van der Waals surface area contributed by atoms with Crippen LogP contribution in [0.3, 0.4) is 0 Å². The van der Waals surface area contributed by atoms with Gasteiger partial charge in [-0.3, -0.25) is 14.9 Å². The smallest absolute Gasteiger partial charge is 0.274 e. The molecule has 1 N–H and O–H groups in total. The lowest BCUT2D eigenvalue weighted by atomic mass is 9.97. The van der Waals surface area contributed by atoms with Crippen LogP contribution in [0.4, 0.5) is 11.4 Å². The van der Waals surface area contributed by atoms with Gasteiger partial charge in [0.1, 0.15) is 0 Å². The number of hydrogen-bond donors (Lipinski definition) is 1. The van der Waals surface area contributed by atoms with E-state index in [1.807, 2.05) is 0 Å². The number of nitrogens with zero attached hydrogens (tertiary/aromatic N) is 1. The number of nitrogens with one attached hydrogen (secondary N) is 1. The first kappa shape index (κ1) is 16.1. The summed E-state index contributed by atoms with van der Waals surface area (Å²) in [5.41, 5.74) is 1.06. The second-order valence-corrected chi connectivity index (χ2v) is 4.97. The van der Waals surface area contributed by atoms with Crippen molar-refractivity contribution in [2.45, 2.75) is 46.5 Å². The fourth-order valence-electron chi connectivity index (χ4n) is 2.29. The van der Waals surface area contributed by atoms with Crippen molar-refractivity contribution in [1.29, 1.82) is 0 Å². The molecule has 0 spiro atoms. The molecule has 0 saturated carbocycles. The van der Waals surface area contributed by atoms with Gasteiger partial charge in [0, 0.05) is 12.0 Å². The number of amides is 1. The molecule has 110 valence electrons. The molecule has 1 rings (SSSR count). The summed E-state index contributed by atoms with van der Waals surface area (Å²) in [7, 11) is 0. The standard InChI is InChI=1S/C15H22N2O3/c1-4-7-12(8-5-2)15(18)16-13-9-6-10-14(11(13)3)17(19)20/h6,9-10,12H,4-5,7-8H2,1-3H3,(H,16,18). The van der Waals surface area contributed by atoms with E-state index >= 15 is 0 Å². The van der Waals surface area contributed by atoms with Crippen LogP contribution in [0.5, 0.6) is 0 Å². The Kier molecular flexibility index (Phi) is 6.15. The van der Waals surface area contributed by atoms with Crippen LogP contribution in [0.2, 0.25) is 0 Å². The van der Waals surface area contributed by atoms with Crippen molar-refractivity contribution in [2.24, 2.45) is 5.92 Å². The zero-order valence-corrected chi connectivity index (χ0v) is 12.3. The first-order valence-corrected chi connectivity index (χ1v) is 7.06. The normalized spacial score (nSPS) is 10.6. The fourth-order valence-corrected chi connectivity index (χ4v) is 2.29. The summed E-state index contributed by atoms with van der Waals surface area (Å²) in [4.78, 5) is 22.7. The molecule has 0 saturated heterocycles. The van der Waals surface area contributed by atoms with Gasteiger partial charge in [-0.15, -0.1) is 0 Å². The Labute approximate surface area is 119 Å². The van der Waals surface area contributed by atoms with E-state index < -0.39 is 4.92 Å². The van der Waals surface area contributed by atoms with Gasteiger partial charge in [-0.1, -0.05) is 32.8 Å². The zero-order valence-electron chi connectivity index (χ0n) is 12.3. The van der Waals surface area contributed by atoms with Gasteiger partial charge in [-0.2, -0.15) is 0 Å². The number of nitro benzene ring substituents is 1. The van der Waals surface area contributed by atoms with E-state index in [9.17, 15) is 14.9 Å². The highest BCUT2D eigenvalue weighted by atomic mass is 16.6. The van der Waals surface area contributed by atoms with Crippen molar-refractivity contribution in [3.8, 4) is 0 Å². The SMILES string of the molecule is CCCC(CCC)C(=O)Nc1cccc([N+](=O)[O-])c1C. The predicted molar refractivity (Wildman–Crippen MR) is 79.8 cm³/mol. The second kappa shape index (κ2) is 7.62. The maximum atomic E-state index is 12.2. The second-order valence-electron chi connectivity index (χ2n) is 4.97. The number of nitro groups is 1. The molecule has 1 amide bonds. The molecule has 0 unspecified atom stereocenters. The van der Waals surface area contributed by atoms with Gasteiger partial charge >= 0.3 is 0 Å². The van der Waals surface area contributed by atoms with Gasteiger partial charge in [0.25, 0.3) is 5.69 Å². The van der Waals surface area contributed by atoms with E-state index in [1.165, 1.54) is 6.07 Å². The fraction of sp³-hybridized carbons (Fsp3) is 0.533. The van der Waals surface area contributed by atoms with Crippen LogP contribution in [0.15, 0.2) is 18.2 Å². The number of rotatable bonds is 7. The quantitative estimate of drug-likeness (QED) is 0.604. The Morgan fingerprint density at radius 1 is 1.30 bits per heavy atom. The molecule has 0 heterocycles. The molecule has 0 aliphatic carbocycles. The highest BCUT2D eigenvalue weighted by Crippen LogP contribution is 2.26. The Morgan fingerprint density at radius 2 is 1.90 bits per heavy atom. The van der Waals surface area contributed by atoms with E-state index in [2.05, 4.69) is 19.2 Å². The van der Waals surface area contributed by atoms with Crippen LogP contribution in [0.25, 0.3) is 0 Å². The van der Waals surface area contributed by atoms with Gasteiger partial charge in [0.15, 0.2) is 0 Å². The molecular weight excluding hydrogens is 256 g/mol. The third-order valence-corrected chi connectivity index (χ3v) is 3.40. The minimum atomic E-state index is -0.430. The molecule has 5 nitrogen and oxygen atoms in total. The molecule has 0 aliphatic heterocycles. The molecule has 0 bridgehead atoms. The lowest BCUT2D eigenvalue weighted by Crippen LogP contribution is -2.23. The molecule has 0 atom stereocenters.